The number of nitrogens with one attached hydrogen (secondary N) is 1. The summed E-state index contributed by atoms with van der Waals surface area (Å²) in [5, 5.41) is 5.46. The first kappa shape index (κ1) is 12.8. The van der Waals surface area contributed by atoms with E-state index in [-0.39, 0.29) is 5.56 Å². The molecule has 0 saturated heterocycles. The highest BCUT2D eigenvalue weighted by Crippen LogP contribution is 2.26. The lowest BCUT2D eigenvalue weighted by Gasteiger charge is -2.03. The van der Waals surface area contributed by atoms with Crippen LogP contribution in [0.15, 0.2) is 47.5 Å². The van der Waals surface area contributed by atoms with Gasteiger partial charge in [0.25, 0.3) is 5.56 Å². The van der Waals surface area contributed by atoms with Crippen LogP contribution < -0.4 is 5.56 Å². The van der Waals surface area contributed by atoms with Crippen molar-refractivity contribution >= 4 is 10.9 Å². The lowest BCUT2D eigenvalue weighted by atomic mass is 10.1. The number of aromatic amines is 1. The zero-order valence-corrected chi connectivity index (χ0v) is 12.3. The number of aromatic nitrogens is 4. The van der Waals surface area contributed by atoms with E-state index in [4.69, 9.17) is 0 Å². The van der Waals surface area contributed by atoms with Gasteiger partial charge in [-0.05, 0) is 37.6 Å². The van der Waals surface area contributed by atoms with Crippen molar-refractivity contribution < 1.29 is 0 Å². The Kier molecular flexibility index (Phi) is 2.63. The molecule has 1 aromatic heterocycles. The molecular weight excluding hydrogens is 276 g/mol. The quantitative estimate of drug-likeness (QED) is 0.586. The summed E-state index contributed by atoms with van der Waals surface area (Å²) in [5.74, 6) is 0. The fraction of sp³-hybridized carbons (Fsp3) is 0.118. The molecule has 2 aromatic rings. The molecule has 108 valence electrons. The molecule has 0 amide bonds. The Labute approximate surface area is 126 Å². The van der Waals surface area contributed by atoms with Crippen LogP contribution in [0.3, 0.4) is 0 Å². The smallest absolute Gasteiger partial charge is 0.282 e. The van der Waals surface area contributed by atoms with Crippen LogP contribution in [-0.2, 0) is 0 Å². The van der Waals surface area contributed by atoms with Gasteiger partial charge >= 0.3 is 0 Å². The van der Waals surface area contributed by atoms with Crippen molar-refractivity contribution in [2.45, 2.75) is 13.8 Å². The van der Waals surface area contributed by atoms with Crippen molar-refractivity contribution in [1.82, 2.24) is 19.7 Å². The van der Waals surface area contributed by atoms with E-state index in [2.05, 4.69) is 15.1 Å². The molecule has 1 N–H and O–H groups in total. The van der Waals surface area contributed by atoms with Gasteiger partial charge in [0, 0.05) is 17.3 Å². The lowest BCUT2D eigenvalue weighted by molar-refractivity contribution is 0.858. The highest BCUT2D eigenvalue weighted by molar-refractivity contribution is 5.92. The molecule has 5 nitrogen and oxygen atoms in total. The fourth-order valence-electron chi connectivity index (χ4n) is 2.70. The normalized spacial score (nSPS) is 11.4. The number of fused-ring (bicyclic) bond motifs is 3. The Morgan fingerprint density at radius 1 is 1.18 bits per heavy atom. The molecule has 22 heavy (non-hydrogen) atoms. The second kappa shape index (κ2) is 4.53. The first-order valence-corrected chi connectivity index (χ1v) is 7.07. The summed E-state index contributed by atoms with van der Waals surface area (Å²) >= 11 is 0. The summed E-state index contributed by atoms with van der Waals surface area (Å²) in [6.45, 7) is 3.92. The number of hydrogen-bond donors (Lipinski definition) is 1. The third kappa shape index (κ3) is 1.83. The predicted octanol–water partition coefficient (Wildman–Crippen LogP) is 2.83. The van der Waals surface area contributed by atoms with Gasteiger partial charge in [0.2, 0.25) is 0 Å². The van der Waals surface area contributed by atoms with E-state index < -0.39 is 0 Å². The Morgan fingerprint density at radius 3 is 2.86 bits per heavy atom. The molecule has 0 radical (unpaired) electrons. The van der Waals surface area contributed by atoms with Gasteiger partial charge in [0.1, 0.15) is 5.69 Å². The molecule has 3 heterocycles. The van der Waals surface area contributed by atoms with Crippen LogP contribution in [0.2, 0.25) is 0 Å². The van der Waals surface area contributed by atoms with Crippen molar-refractivity contribution in [3.63, 3.8) is 0 Å². The van der Waals surface area contributed by atoms with E-state index in [1.165, 1.54) is 4.68 Å². The molecule has 0 aliphatic carbocycles. The zero-order valence-electron chi connectivity index (χ0n) is 12.3. The van der Waals surface area contributed by atoms with Gasteiger partial charge in [-0.25, -0.2) is 0 Å². The van der Waals surface area contributed by atoms with Crippen molar-refractivity contribution in [3.8, 4) is 16.9 Å². The molecule has 0 unspecified atom stereocenters. The molecule has 2 aliphatic heterocycles. The second-order valence-electron chi connectivity index (χ2n) is 5.48. The summed E-state index contributed by atoms with van der Waals surface area (Å²) in [7, 11) is 0. The van der Waals surface area contributed by atoms with Gasteiger partial charge < -0.3 is 4.98 Å². The van der Waals surface area contributed by atoms with Gasteiger partial charge in [-0.2, -0.15) is 9.78 Å². The largest absolute Gasteiger partial charge is 0.359 e. The number of benzene rings is 1. The highest BCUT2D eigenvalue weighted by Gasteiger charge is 2.19. The third-order valence-corrected chi connectivity index (χ3v) is 3.79. The van der Waals surface area contributed by atoms with Gasteiger partial charge in [-0.1, -0.05) is 12.1 Å². The first-order chi connectivity index (χ1) is 10.6. The lowest BCUT2D eigenvalue weighted by Crippen LogP contribution is -2.14. The minimum Gasteiger partial charge on any atom is -0.359 e. The number of rotatable bonds is 1. The van der Waals surface area contributed by atoms with E-state index in [1.807, 2.05) is 44.2 Å². The van der Waals surface area contributed by atoms with Crippen LogP contribution in [0.1, 0.15) is 11.3 Å². The highest BCUT2D eigenvalue weighted by atomic mass is 16.1. The monoisotopic (exact) mass is 290 g/mol. The molecule has 0 atom stereocenters. The summed E-state index contributed by atoms with van der Waals surface area (Å²) in [6.07, 6.45) is 3.47. The molecule has 4 rings (SSSR count). The maximum atomic E-state index is 12.6. The van der Waals surface area contributed by atoms with E-state index in [9.17, 15) is 4.79 Å². The number of pyridine rings is 2. The molecule has 0 fully saturated rings. The predicted molar refractivity (Wildman–Crippen MR) is 85.6 cm³/mol. The van der Waals surface area contributed by atoms with Crippen LogP contribution in [0.25, 0.3) is 27.8 Å². The SMILES string of the molecule is Cc1cccc(-n2nc3c4cc(C)ncc4[nH]cc-3c2=O)c1. The fourth-order valence-corrected chi connectivity index (χ4v) is 2.70. The average Bonchev–Trinajstić information content (AvgIpc) is 2.85. The molecule has 0 saturated carbocycles. The molecule has 0 bridgehead atoms. The third-order valence-electron chi connectivity index (χ3n) is 3.79. The maximum absolute atomic E-state index is 12.6. The summed E-state index contributed by atoms with van der Waals surface area (Å²) < 4.78 is 1.46. The number of hydrogen-bond acceptors (Lipinski definition) is 3. The Morgan fingerprint density at radius 2 is 2.05 bits per heavy atom. The molecule has 1 aromatic carbocycles. The van der Waals surface area contributed by atoms with Crippen LogP contribution in [0.4, 0.5) is 0 Å². The Bertz CT molecular complexity index is 1030. The van der Waals surface area contributed by atoms with Crippen LogP contribution >= 0.6 is 0 Å². The van der Waals surface area contributed by atoms with Gasteiger partial charge in [0.15, 0.2) is 0 Å². The summed E-state index contributed by atoms with van der Waals surface area (Å²) in [6, 6.07) is 9.70. The summed E-state index contributed by atoms with van der Waals surface area (Å²) in [4.78, 5) is 20.0. The number of nitrogens with zero attached hydrogens (tertiary/aromatic N) is 3. The molecule has 0 spiro atoms. The van der Waals surface area contributed by atoms with Crippen molar-refractivity contribution in [2.75, 3.05) is 0 Å². The Hall–Kier alpha value is -2.95. The zero-order chi connectivity index (χ0) is 15.3. The molecular formula is C17H14N4O. The minimum atomic E-state index is -0.117. The van der Waals surface area contributed by atoms with Gasteiger partial charge in [-0.15, -0.1) is 0 Å². The first-order valence-electron chi connectivity index (χ1n) is 7.07. The van der Waals surface area contributed by atoms with E-state index in [0.29, 0.717) is 11.3 Å². The van der Waals surface area contributed by atoms with Crippen molar-refractivity contribution in [1.29, 1.82) is 0 Å². The number of H-pyrrole nitrogens is 1. The van der Waals surface area contributed by atoms with Crippen LogP contribution in [-0.4, -0.2) is 19.7 Å². The minimum absolute atomic E-state index is 0.117. The van der Waals surface area contributed by atoms with Gasteiger partial charge in [0.05, 0.1) is 23.0 Å². The maximum Gasteiger partial charge on any atom is 0.282 e. The van der Waals surface area contributed by atoms with Crippen molar-refractivity contribution in [3.05, 3.63) is 64.3 Å². The van der Waals surface area contributed by atoms with E-state index >= 15 is 0 Å². The molecule has 2 aliphatic rings. The van der Waals surface area contributed by atoms with Crippen molar-refractivity contribution in [2.24, 2.45) is 0 Å². The second-order valence-corrected chi connectivity index (χ2v) is 5.48. The number of aryl methyl sites for hydroxylation is 2. The van der Waals surface area contributed by atoms with Crippen LogP contribution in [0, 0.1) is 13.8 Å². The van der Waals surface area contributed by atoms with Crippen LogP contribution in [0.5, 0.6) is 0 Å². The average molecular weight is 290 g/mol. The molecule has 5 heteroatoms. The Balaban J connectivity index is 2.08. The van der Waals surface area contributed by atoms with Gasteiger partial charge in [-0.3, -0.25) is 9.78 Å². The standard InChI is InChI=1S/C17H14N4O/c1-10-4-3-5-12(6-10)21-17(22)14-8-19-15-9-18-11(2)7-13(15)16(14)20-21/h3-9,19H,1-2H3. The van der Waals surface area contributed by atoms with E-state index in [0.717, 1.165) is 27.8 Å². The summed E-state index contributed by atoms with van der Waals surface area (Å²) in [5.41, 5.74) is 4.80. The topological polar surface area (TPSA) is 63.6 Å². The van der Waals surface area contributed by atoms with E-state index in [1.54, 1.807) is 12.4 Å².